The van der Waals surface area contributed by atoms with Gasteiger partial charge in [-0.05, 0) is 0 Å². The predicted molar refractivity (Wildman–Crippen MR) is 66.8 cm³/mol. The summed E-state index contributed by atoms with van der Waals surface area (Å²) in [4.78, 5) is 21.0. The molecule has 92 valence electrons. The molecule has 0 atom stereocenters. The summed E-state index contributed by atoms with van der Waals surface area (Å²) in [6, 6.07) is 17.2. The Bertz CT molecular complexity index is 393. The van der Waals surface area contributed by atoms with E-state index >= 15 is 0 Å². The molecule has 0 bridgehead atoms. The normalized spacial score (nSPS) is 9.76. The van der Waals surface area contributed by atoms with Gasteiger partial charge in [0.25, 0.3) is 0 Å². The van der Waals surface area contributed by atoms with Crippen LogP contribution in [0, 0.1) is 0 Å². The van der Waals surface area contributed by atoms with Gasteiger partial charge in [0.2, 0.25) is 0 Å². The number of nitrogens with one attached hydrogen (secondary N) is 1. The van der Waals surface area contributed by atoms with Crippen molar-refractivity contribution >= 4 is 24.0 Å². The number of hydrogen-bond donors (Lipinski definition) is 1. The summed E-state index contributed by atoms with van der Waals surface area (Å²) in [6.07, 6.45) is -0.160. The summed E-state index contributed by atoms with van der Waals surface area (Å²) in [7, 11) is 0. The first kappa shape index (κ1) is 16.6. The molecule has 0 unspecified atom stereocenters. The second-order valence-corrected chi connectivity index (χ2v) is 6.29. The van der Waals surface area contributed by atoms with Crippen molar-refractivity contribution in [1.82, 2.24) is 0 Å². The Balaban J connectivity index is 0.000000360. The molecule has 0 saturated heterocycles. The third-order valence-corrected chi connectivity index (χ3v) is 2.63. The summed E-state index contributed by atoms with van der Waals surface area (Å²) in [6.45, 7) is -3.58. The second kappa shape index (κ2) is 8.65. The number of anilines is 1. The van der Waals surface area contributed by atoms with E-state index in [-0.39, 0.29) is 23.4 Å². The first-order valence-corrected chi connectivity index (χ1v) is 7.53. The third kappa shape index (κ3) is 9.31. The molecule has 0 spiro atoms. The number of hydrogen-bond acceptors (Lipinski definition) is 4. The van der Waals surface area contributed by atoms with E-state index in [0.29, 0.717) is 0 Å². The first-order chi connectivity index (χ1) is 7.58. The monoisotopic (exact) mass is 309 g/mol. The molecule has 17 heavy (non-hydrogen) atoms. The summed E-state index contributed by atoms with van der Waals surface area (Å²) in [5, 5.41) is 2.68. The van der Waals surface area contributed by atoms with E-state index < -0.39 is 6.49 Å². The largest absolute Gasteiger partial charge is 4.00 e. The quantitative estimate of drug-likeness (QED) is 0.526. The summed E-state index contributed by atoms with van der Waals surface area (Å²) >= 11 is 4.20. The van der Waals surface area contributed by atoms with Crippen molar-refractivity contribution in [2.45, 2.75) is 0 Å². The van der Waals surface area contributed by atoms with Crippen molar-refractivity contribution in [3.8, 4) is 0 Å². The predicted octanol–water partition coefficient (Wildman–Crippen LogP) is 1.21. The van der Waals surface area contributed by atoms with Crippen LogP contribution in [0.5, 0.6) is 0 Å². The van der Waals surface area contributed by atoms with Gasteiger partial charge < -0.3 is 15.1 Å². The molecule has 2 aromatic carbocycles. The van der Waals surface area contributed by atoms with Gasteiger partial charge in [-0.1, -0.05) is 5.69 Å². The fourth-order valence-electron chi connectivity index (χ4n) is 1.00. The second-order valence-electron chi connectivity index (χ2n) is 3.08. The minimum Gasteiger partial charge on any atom is -0.831 e. The maximum atomic E-state index is 10.5. The van der Waals surface area contributed by atoms with Gasteiger partial charge in [0, 0.05) is 6.29 Å². The van der Waals surface area contributed by atoms with Gasteiger partial charge in [0.05, 0.1) is 0 Å². The molecule has 6 heteroatoms. The first-order valence-electron chi connectivity index (χ1n) is 4.71. The molecule has 0 fully saturated rings. The number of rotatable bonds is 3. The Hall–Kier alpha value is -0.411. The van der Waals surface area contributed by atoms with E-state index in [1.165, 1.54) is 0 Å². The topological polar surface area (TPSA) is 58.1 Å². The van der Waals surface area contributed by atoms with Gasteiger partial charge in [-0.15, -0.1) is 11.8 Å². The van der Waals surface area contributed by atoms with Crippen molar-refractivity contribution < 1.29 is 26.9 Å². The smallest absolute Gasteiger partial charge is 0.831 e. The Morgan fingerprint density at radius 3 is 2.00 bits per heavy atom. The molecule has 0 aliphatic carbocycles. The standard InChI is InChI=1S/C6H9NO2PS.C5H5.Fe/c8-10(9,11)5-7-6-3-1-2-4-6;1-2-4-5-3-1;/h1-4,7H,5H2,(H2,8,9,11);1-5H;/q2*-1;+4/p-2. The molecule has 0 amide bonds. The van der Waals surface area contributed by atoms with E-state index in [9.17, 15) is 9.79 Å². The van der Waals surface area contributed by atoms with Crippen LogP contribution in [0.2, 0.25) is 0 Å². The Morgan fingerprint density at radius 1 is 1.12 bits per heavy atom. The van der Waals surface area contributed by atoms with Crippen LogP contribution in [0.4, 0.5) is 5.69 Å². The molecule has 0 saturated carbocycles. The molecule has 1 N–H and O–H groups in total. The fourth-order valence-corrected chi connectivity index (χ4v) is 1.57. The zero-order chi connectivity index (χ0) is 11.9. The van der Waals surface area contributed by atoms with Crippen molar-refractivity contribution in [1.29, 1.82) is 0 Å². The molecule has 2 rings (SSSR count). The van der Waals surface area contributed by atoms with Crippen LogP contribution in [0.15, 0.2) is 54.6 Å². The molecule has 0 aliphatic rings. The zero-order valence-electron chi connectivity index (χ0n) is 8.93. The minimum absolute atomic E-state index is 0. The van der Waals surface area contributed by atoms with Crippen LogP contribution in [0.3, 0.4) is 0 Å². The van der Waals surface area contributed by atoms with Gasteiger partial charge in [0.1, 0.15) is 0 Å². The fraction of sp³-hybridized carbons (Fsp3) is 0.0909. The van der Waals surface area contributed by atoms with Crippen LogP contribution in [-0.4, -0.2) is 6.29 Å². The average molecular weight is 309 g/mol. The van der Waals surface area contributed by atoms with E-state index in [1.807, 2.05) is 42.5 Å². The van der Waals surface area contributed by atoms with Crippen molar-refractivity contribution in [2.75, 3.05) is 11.6 Å². The molecular formula is C11H12FeNO2PS. The Morgan fingerprint density at radius 2 is 1.65 bits per heavy atom. The summed E-state index contributed by atoms with van der Waals surface area (Å²) < 4.78 is 0. The van der Waals surface area contributed by atoms with E-state index in [1.54, 1.807) is 12.1 Å². The van der Waals surface area contributed by atoms with Gasteiger partial charge in [-0.2, -0.15) is 36.8 Å². The van der Waals surface area contributed by atoms with Crippen molar-refractivity contribution in [3.63, 3.8) is 0 Å². The van der Waals surface area contributed by atoms with E-state index in [0.717, 1.165) is 5.69 Å². The van der Waals surface area contributed by atoms with Gasteiger partial charge >= 0.3 is 17.1 Å². The van der Waals surface area contributed by atoms with Gasteiger partial charge in [0.15, 0.2) is 0 Å². The molecule has 0 radical (unpaired) electrons. The van der Waals surface area contributed by atoms with Crippen molar-refractivity contribution in [3.05, 3.63) is 54.6 Å². The molecule has 0 aromatic heterocycles. The maximum absolute atomic E-state index is 10.5. The van der Waals surface area contributed by atoms with Crippen molar-refractivity contribution in [2.24, 2.45) is 0 Å². The average Bonchev–Trinajstić information content (AvgIpc) is 2.90. The third-order valence-electron chi connectivity index (χ3n) is 1.70. The van der Waals surface area contributed by atoms with Crippen LogP contribution >= 0.6 is 6.49 Å². The van der Waals surface area contributed by atoms with Gasteiger partial charge in [-0.3, -0.25) is 0 Å². The van der Waals surface area contributed by atoms with Crippen LogP contribution in [-0.2, 0) is 28.9 Å². The van der Waals surface area contributed by atoms with Crippen LogP contribution in [0.1, 0.15) is 0 Å². The molecule has 0 aliphatic heterocycles. The molecular weight excluding hydrogens is 297 g/mol. The SMILES string of the molecule is [Fe+4].[O-]P([O-])(=S)CN[c-]1cccc1.c1cc[cH-]c1. The van der Waals surface area contributed by atoms with Gasteiger partial charge in [-0.25, -0.2) is 24.3 Å². The summed E-state index contributed by atoms with van der Waals surface area (Å²) in [5.74, 6) is 0. The minimum atomic E-state index is -3.58. The maximum Gasteiger partial charge on any atom is 4.00 e. The molecule has 2 aromatic rings. The molecule has 0 heterocycles. The van der Waals surface area contributed by atoms with E-state index in [2.05, 4.69) is 17.1 Å². The van der Waals surface area contributed by atoms with E-state index in [4.69, 9.17) is 0 Å². The Kier molecular flexibility index (Phi) is 8.44. The van der Waals surface area contributed by atoms with Crippen LogP contribution in [0.25, 0.3) is 0 Å². The zero-order valence-corrected chi connectivity index (χ0v) is 11.7. The molecule has 3 nitrogen and oxygen atoms in total. The Labute approximate surface area is 117 Å². The summed E-state index contributed by atoms with van der Waals surface area (Å²) in [5.41, 5.74) is 0.783. The van der Waals surface area contributed by atoms with Crippen LogP contribution < -0.4 is 15.1 Å².